The van der Waals surface area contributed by atoms with Gasteiger partial charge in [-0.05, 0) is 86.3 Å². The van der Waals surface area contributed by atoms with E-state index in [1.165, 1.54) is 11.1 Å². The zero-order valence-electron chi connectivity index (χ0n) is 21.2. The average Bonchev–Trinajstić information content (AvgIpc) is 2.86. The molecule has 0 fully saturated rings. The summed E-state index contributed by atoms with van der Waals surface area (Å²) in [6.45, 7) is 8.09. The second kappa shape index (κ2) is 13.3. The predicted octanol–water partition coefficient (Wildman–Crippen LogP) is 7.49. The Bertz CT molecular complexity index is 1300. The van der Waals surface area contributed by atoms with Gasteiger partial charge in [0.05, 0.1) is 22.5 Å². The first kappa shape index (κ1) is 29.2. The fourth-order valence-electron chi connectivity index (χ4n) is 3.62. The van der Waals surface area contributed by atoms with Crippen molar-refractivity contribution in [1.82, 2.24) is 0 Å². The van der Waals surface area contributed by atoms with Gasteiger partial charge < -0.3 is 20.8 Å². The molecule has 7 heteroatoms. The van der Waals surface area contributed by atoms with Crippen LogP contribution in [0, 0.1) is 27.7 Å². The molecule has 1 radical (unpaired) electrons. The standard InChI is InChI=1S/2C15H15NO2.Mn/c2*1-10-6-5-9-13(11(10)2)16-14-8-4-3-7-12(14)15(17)18;/h2*3-9,16H,1-2H3,(H,17,18);. The Morgan fingerprint density at radius 2 is 0.838 bits per heavy atom. The second-order valence-corrected chi connectivity index (χ2v) is 8.45. The summed E-state index contributed by atoms with van der Waals surface area (Å²) in [7, 11) is 0. The normalized spacial score (nSPS) is 9.84. The van der Waals surface area contributed by atoms with E-state index >= 15 is 0 Å². The zero-order chi connectivity index (χ0) is 26.2. The summed E-state index contributed by atoms with van der Waals surface area (Å²) in [4.78, 5) is 22.2. The van der Waals surface area contributed by atoms with Crippen LogP contribution in [0.15, 0.2) is 84.9 Å². The fraction of sp³-hybridized carbons (Fsp3) is 0.133. The fourth-order valence-corrected chi connectivity index (χ4v) is 3.62. The van der Waals surface area contributed by atoms with E-state index in [0.29, 0.717) is 11.4 Å². The molecule has 37 heavy (non-hydrogen) atoms. The first-order valence-corrected chi connectivity index (χ1v) is 11.5. The molecular formula is C30H30MnN2O4. The van der Waals surface area contributed by atoms with E-state index < -0.39 is 11.9 Å². The van der Waals surface area contributed by atoms with E-state index in [2.05, 4.69) is 10.6 Å². The van der Waals surface area contributed by atoms with Gasteiger partial charge in [-0.15, -0.1) is 0 Å². The van der Waals surface area contributed by atoms with Crippen LogP contribution in [-0.2, 0) is 17.1 Å². The van der Waals surface area contributed by atoms with Gasteiger partial charge in [-0.2, -0.15) is 0 Å². The SMILES string of the molecule is Cc1cccc(Nc2ccccc2C(=O)O)c1C.Cc1cccc(Nc2ccccc2C(=O)O)c1C.[Mn]. The van der Waals surface area contributed by atoms with Crippen molar-refractivity contribution in [3.63, 3.8) is 0 Å². The number of para-hydroxylation sites is 2. The number of carbonyl (C=O) groups is 2. The van der Waals surface area contributed by atoms with Crippen LogP contribution in [-0.4, -0.2) is 22.2 Å². The van der Waals surface area contributed by atoms with Gasteiger partial charge in [0.15, 0.2) is 0 Å². The maximum atomic E-state index is 11.1. The smallest absolute Gasteiger partial charge is 0.337 e. The second-order valence-electron chi connectivity index (χ2n) is 8.45. The number of aryl methyl sites for hydroxylation is 2. The van der Waals surface area contributed by atoms with Gasteiger partial charge in [0.1, 0.15) is 0 Å². The van der Waals surface area contributed by atoms with Crippen LogP contribution in [0.5, 0.6) is 0 Å². The van der Waals surface area contributed by atoms with Crippen LogP contribution in [0.2, 0.25) is 0 Å². The maximum absolute atomic E-state index is 11.1. The average molecular weight is 538 g/mol. The van der Waals surface area contributed by atoms with Gasteiger partial charge in [-0.1, -0.05) is 48.5 Å². The third-order valence-corrected chi connectivity index (χ3v) is 6.06. The first-order valence-electron chi connectivity index (χ1n) is 11.5. The zero-order valence-corrected chi connectivity index (χ0v) is 22.4. The molecule has 4 rings (SSSR count). The first-order chi connectivity index (χ1) is 17.2. The molecule has 4 aromatic carbocycles. The molecule has 0 aromatic heterocycles. The van der Waals surface area contributed by atoms with E-state index in [0.717, 1.165) is 22.5 Å². The summed E-state index contributed by atoms with van der Waals surface area (Å²) in [6, 6.07) is 25.7. The summed E-state index contributed by atoms with van der Waals surface area (Å²) in [6.07, 6.45) is 0. The van der Waals surface area contributed by atoms with E-state index in [1.54, 1.807) is 36.4 Å². The molecule has 6 nitrogen and oxygen atoms in total. The summed E-state index contributed by atoms with van der Waals surface area (Å²) in [5, 5.41) is 24.6. The monoisotopic (exact) mass is 537 g/mol. The van der Waals surface area contributed by atoms with Crippen LogP contribution in [0.3, 0.4) is 0 Å². The van der Waals surface area contributed by atoms with E-state index in [4.69, 9.17) is 10.2 Å². The molecule has 0 aliphatic carbocycles. The molecule has 0 amide bonds. The molecule has 0 bridgehead atoms. The number of rotatable bonds is 6. The molecular weight excluding hydrogens is 507 g/mol. The summed E-state index contributed by atoms with van der Waals surface area (Å²) >= 11 is 0. The molecule has 0 aliphatic heterocycles. The van der Waals surface area contributed by atoms with Crippen LogP contribution in [0.1, 0.15) is 43.0 Å². The van der Waals surface area contributed by atoms with Gasteiger partial charge >= 0.3 is 11.9 Å². The van der Waals surface area contributed by atoms with Crippen molar-refractivity contribution in [3.05, 3.63) is 118 Å². The molecule has 0 spiro atoms. The third-order valence-electron chi connectivity index (χ3n) is 6.06. The maximum Gasteiger partial charge on any atom is 0.337 e. The Kier molecular flexibility index (Phi) is 10.5. The van der Waals surface area contributed by atoms with Gasteiger partial charge in [0, 0.05) is 28.4 Å². The molecule has 4 aromatic rings. The predicted molar refractivity (Wildman–Crippen MR) is 145 cm³/mol. The molecule has 0 atom stereocenters. The van der Waals surface area contributed by atoms with Crippen molar-refractivity contribution in [1.29, 1.82) is 0 Å². The number of carboxylic acid groups (broad SMARTS) is 2. The molecule has 0 saturated heterocycles. The Balaban J connectivity index is 0.000000253. The topological polar surface area (TPSA) is 98.7 Å². The number of carboxylic acids is 2. The Hall–Kier alpha value is -4.06. The number of anilines is 4. The Morgan fingerprint density at radius 1 is 0.514 bits per heavy atom. The van der Waals surface area contributed by atoms with E-state index in [-0.39, 0.29) is 28.2 Å². The number of hydrogen-bond donors (Lipinski definition) is 4. The van der Waals surface area contributed by atoms with Crippen molar-refractivity contribution in [3.8, 4) is 0 Å². The Morgan fingerprint density at radius 3 is 1.19 bits per heavy atom. The van der Waals surface area contributed by atoms with Crippen molar-refractivity contribution >= 4 is 34.7 Å². The van der Waals surface area contributed by atoms with Crippen molar-refractivity contribution < 1.29 is 36.9 Å². The minimum absolute atomic E-state index is 0. The molecule has 0 heterocycles. The summed E-state index contributed by atoms with van der Waals surface area (Å²) in [5.41, 5.74) is 8.23. The molecule has 0 aliphatic rings. The van der Waals surface area contributed by atoms with Gasteiger partial charge in [0.25, 0.3) is 0 Å². The molecule has 0 unspecified atom stereocenters. The number of benzene rings is 4. The quantitative estimate of drug-likeness (QED) is 0.190. The number of nitrogens with one attached hydrogen (secondary N) is 2. The Labute approximate surface area is 227 Å². The van der Waals surface area contributed by atoms with E-state index in [1.807, 2.05) is 76.2 Å². The minimum atomic E-state index is -0.927. The van der Waals surface area contributed by atoms with Crippen LogP contribution in [0.25, 0.3) is 0 Å². The van der Waals surface area contributed by atoms with Crippen LogP contribution < -0.4 is 10.6 Å². The largest absolute Gasteiger partial charge is 0.478 e. The van der Waals surface area contributed by atoms with E-state index in [9.17, 15) is 9.59 Å². The van der Waals surface area contributed by atoms with Crippen molar-refractivity contribution in [2.45, 2.75) is 27.7 Å². The van der Waals surface area contributed by atoms with Gasteiger partial charge in [-0.3, -0.25) is 0 Å². The number of hydrogen-bond acceptors (Lipinski definition) is 4. The minimum Gasteiger partial charge on any atom is -0.478 e. The van der Waals surface area contributed by atoms with Crippen molar-refractivity contribution in [2.75, 3.05) is 10.6 Å². The van der Waals surface area contributed by atoms with Crippen LogP contribution >= 0.6 is 0 Å². The van der Waals surface area contributed by atoms with Gasteiger partial charge in [0.2, 0.25) is 0 Å². The third kappa shape index (κ3) is 7.46. The number of aromatic carboxylic acids is 2. The molecule has 4 N–H and O–H groups in total. The van der Waals surface area contributed by atoms with Crippen molar-refractivity contribution in [2.24, 2.45) is 0 Å². The summed E-state index contributed by atoms with van der Waals surface area (Å²) in [5.74, 6) is -1.85. The molecule has 191 valence electrons. The van der Waals surface area contributed by atoms with Gasteiger partial charge in [-0.25, -0.2) is 9.59 Å². The van der Waals surface area contributed by atoms with Crippen LogP contribution in [0.4, 0.5) is 22.7 Å². The summed E-state index contributed by atoms with van der Waals surface area (Å²) < 4.78 is 0. The molecule has 0 saturated carbocycles.